The lowest BCUT2D eigenvalue weighted by Gasteiger charge is -2.19. The molecule has 7 N–H and O–H groups in total. The Bertz CT molecular complexity index is 2440. The second kappa shape index (κ2) is 23.6. The number of hydrogen-bond donors (Lipinski definition) is 6. The Morgan fingerprint density at radius 1 is 0.561 bits per heavy atom. The van der Waals surface area contributed by atoms with Crippen molar-refractivity contribution in [2.75, 3.05) is 21.7 Å². The number of alkyl halides is 3. The minimum absolute atomic E-state index is 0.0156. The Balaban J connectivity index is 0.000000273. The summed E-state index contributed by atoms with van der Waals surface area (Å²) in [5.41, 5.74) is 6.14. The Morgan fingerprint density at radius 3 is 1.42 bits per heavy atom. The number of nitrogen functional groups attached to an aromatic ring is 1. The first-order chi connectivity index (χ1) is 30.7. The maximum atomic E-state index is 13.6. The largest absolute Gasteiger partial charge is 0.471 e. The van der Waals surface area contributed by atoms with E-state index in [1.807, 2.05) is 0 Å². The zero-order chi connectivity index (χ0) is 49.4. The fourth-order valence-corrected chi connectivity index (χ4v) is 5.27. The molecule has 352 valence electrons. The van der Waals surface area contributed by atoms with Gasteiger partial charge in [0.2, 0.25) is 0 Å². The van der Waals surface area contributed by atoms with Crippen LogP contribution in [-0.2, 0) is 27.4 Å². The Hall–Kier alpha value is -7.28. The van der Waals surface area contributed by atoms with E-state index in [1.165, 1.54) is 42.5 Å². The third-order valence-corrected chi connectivity index (χ3v) is 8.06. The second-order valence-corrected chi connectivity index (χ2v) is 16.3. The standard InChI is InChI=1S/C19H20F2N2O3.C19H21FN2O3.C8H6ClF3N2O/c1-19(2,3)26-18(25)22-11-12-7-9-13(10-8-12)23-17(24)16-14(20)5-4-6-15(16)21;1-19(2,3)25-18(24)21-12-13-8-10-14(11-9-13)22-17(23)15-6-4-5-7-16(15)20;9-4-1-5(13)3-6(2-4)14-7(15)8(10,11)12/h4-10H,11H2,1-3H3,(H,22,25)(H,23,24);4-11H,12H2,1-3H3,(H,21,24)(H,22,23);1-3H,13H2,(H,14,15). The Morgan fingerprint density at radius 2 is 1.00 bits per heavy atom. The van der Waals surface area contributed by atoms with Gasteiger partial charge in [0.1, 0.15) is 34.2 Å². The quantitative estimate of drug-likeness (QED) is 0.0621. The molecule has 5 rings (SSSR count). The van der Waals surface area contributed by atoms with Crippen molar-refractivity contribution in [1.29, 1.82) is 0 Å². The molecule has 5 aromatic carbocycles. The molecule has 0 fully saturated rings. The minimum Gasteiger partial charge on any atom is -0.444 e. The average Bonchev–Trinajstić information content (AvgIpc) is 3.19. The number of hydrogen-bond acceptors (Lipinski definition) is 8. The number of halogens is 7. The van der Waals surface area contributed by atoms with E-state index in [2.05, 4.69) is 21.3 Å². The van der Waals surface area contributed by atoms with Gasteiger partial charge in [-0.1, -0.05) is 54.1 Å². The molecule has 0 unspecified atom stereocenters. The van der Waals surface area contributed by atoms with Crippen LogP contribution in [0.3, 0.4) is 0 Å². The highest BCUT2D eigenvalue weighted by molar-refractivity contribution is 6.31. The average molecular weight is 945 g/mol. The molecule has 5 aromatic rings. The van der Waals surface area contributed by atoms with Crippen LogP contribution in [0.4, 0.5) is 58.7 Å². The lowest BCUT2D eigenvalue weighted by atomic mass is 10.1. The van der Waals surface area contributed by atoms with Crippen molar-refractivity contribution in [1.82, 2.24) is 10.6 Å². The summed E-state index contributed by atoms with van der Waals surface area (Å²) in [6.07, 6.45) is -5.97. The Kier molecular flexibility index (Phi) is 19.0. The smallest absolute Gasteiger partial charge is 0.444 e. The van der Waals surface area contributed by atoms with E-state index in [9.17, 15) is 50.3 Å². The molecular weight excluding hydrogens is 898 g/mol. The SMILES string of the molecule is CC(C)(C)OC(=O)NCc1ccc(NC(=O)c2c(F)cccc2F)cc1.CC(C)(C)OC(=O)NCc1ccc(NC(=O)c2ccccc2F)cc1.Nc1cc(Cl)cc(NC(=O)C(F)(F)F)c1. The van der Waals surface area contributed by atoms with Crippen molar-refractivity contribution >= 4 is 64.3 Å². The molecular formula is C46H47ClF6N6O7. The fourth-order valence-electron chi connectivity index (χ4n) is 5.03. The highest BCUT2D eigenvalue weighted by atomic mass is 35.5. The van der Waals surface area contributed by atoms with E-state index in [0.29, 0.717) is 17.9 Å². The van der Waals surface area contributed by atoms with Crippen molar-refractivity contribution in [2.24, 2.45) is 0 Å². The summed E-state index contributed by atoms with van der Waals surface area (Å²) in [7, 11) is 0. The van der Waals surface area contributed by atoms with Gasteiger partial charge in [-0.3, -0.25) is 14.4 Å². The van der Waals surface area contributed by atoms with Crippen LogP contribution in [0.2, 0.25) is 5.02 Å². The van der Waals surface area contributed by atoms with Crippen LogP contribution in [0.25, 0.3) is 0 Å². The fraction of sp³-hybridized carbons (Fsp3) is 0.239. The monoisotopic (exact) mass is 944 g/mol. The molecule has 0 aromatic heterocycles. The van der Waals surface area contributed by atoms with Gasteiger partial charge in [-0.2, -0.15) is 13.2 Å². The highest BCUT2D eigenvalue weighted by Crippen LogP contribution is 2.24. The summed E-state index contributed by atoms with van der Waals surface area (Å²) in [6.45, 7) is 11.2. The summed E-state index contributed by atoms with van der Waals surface area (Å²) in [5, 5.41) is 12.1. The summed E-state index contributed by atoms with van der Waals surface area (Å²) in [5.74, 6) is -5.89. The number of carbonyl (C=O) groups excluding carboxylic acids is 5. The van der Waals surface area contributed by atoms with Crippen LogP contribution in [0, 0.1) is 17.5 Å². The molecule has 0 atom stereocenters. The molecule has 66 heavy (non-hydrogen) atoms. The summed E-state index contributed by atoms with van der Waals surface area (Å²) >= 11 is 5.54. The van der Waals surface area contributed by atoms with Gasteiger partial charge in [0, 0.05) is 40.9 Å². The third-order valence-electron chi connectivity index (χ3n) is 7.84. The van der Waals surface area contributed by atoms with Gasteiger partial charge < -0.3 is 41.8 Å². The van der Waals surface area contributed by atoms with E-state index < -0.39 is 70.3 Å². The van der Waals surface area contributed by atoms with Crippen LogP contribution < -0.4 is 32.3 Å². The number of nitrogens with two attached hydrogens (primary N) is 1. The van der Waals surface area contributed by atoms with Crippen LogP contribution in [-0.4, -0.2) is 47.3 Å². The van der Waals surface area contributed by atoms with Gasteiger partial charge in [0.25, 0.3) is 11.8 Å². The van der Waals surface area contributed by atoms with Crippen LogP contribution in [0.1, 0.15) is 73.4 Å². The number of benzene rings is 5. The lowest BCUT2D eigenvalue weighted by molar-refractivity contribution is -0.167. The second-order valence-electron chi connectivity index (χ2n) is 15.8. The number of anilines is 4. The minimum atomic E-state index is -4.93. The molecule has 13 nitrogen and oxygen atoms in total. The number of amides is 5. The third kappa shape index (κ3) is 19.2. The Labute approximate surface area is 381 Å². The predicted octanol–water partition coefficient (Wildman–Crippen LogP) is 10.8. The van der Waals surface area contributed by atoms with Crippen molar-refractivity contribution < 1.29 is 59.8 Å². The van der Waals surface area contributed by atoms with E-state index in [-0.39, 0.29) is 28.5 Å². The number of nitrogens with one attached hydrogen (secondary N) is 5. The summed E-state index contributed by atoms with van der Waals surface area (Å²) in [4.78, 5) is 57.8. The molecule has 20 heteroatoms. The number of rotatable bonds is 9. The highest BCUT2D eigenvalue weighted by Gasteiger charge is 2.38. The molecule has 0 heterocycles. The van der Waals surface area contributed by atoms with Gasteiger partial charge in [-0.25, -0.2) is 22.8 Å². The van der Waals surface area contributed by atoms with Crippen molar-refractivity contribution in [3.63, 3.8) is 0 Å². The van der Waals surface area contributed by atoms with E-state index in [0.717, 1.165) is 23.3 Å². The van der Waals surface area contributed by atoms with Crippen LogP contribution in [0.15, 0.2) is 109 Å². The molecule has 0 saturated heterocycles. The molecule has 0 bridgehead atoms. The van der Waals surface area contributed by atoms with Gasteiger partial charge in [0.15, 0.2) is 0 Å². The number of alkyl carbamates (subject to hydrolysis) is 2. The first kappa shape index (κ1) is 53.1. The van der Waals surface area contributed by atoms with Crippen molar-refractivity contribution in [2.45, 2.75) is 72.0 Å². The van der Waals surface area contributed by atoms with Crippen LogP contribution >= 0.6 is 11.6 Å². The topological polar surface area (TPSA) is 190 Å². The van der Waals surface area contributed by atoms with Crippen molar-refractivity contribution in [3.05, 3.63) is 154 Å². The van der Waals surface area contributed by atoms with E-state index in [4.69, 9.17) is 26.8 Å². The molecule has 0 aliphatic heterocycles. The summed E-state index contributed by atoms with van der Waals surface area (Å²) in [6, 6.07) is 26.1. The predicted molar refractivity (Wildman–Crippen MR) is 238 cm³/mol. The molecule has 0 aliphatic rings. The number of carbonyl (C=O) groups is 5. The molecule has 5 amide bonds. The summed E-state index contributed by atoms with van der Waals surface area (Å²) < 4.78 is 86.7. The van der Waals surface area contributed by atoms with E-state index in [1.54, 1.807) is 101 Å². The molecule has 0 spiro atoms. The maximum absolute atomic E-state index is 13.6. The van der Waals surface area contributed by atoms with Gasteiger partial charge in [-0.15, -0.1) is 0 Å². The molecule has 0 aliphatic carbocycles. The van der Waals surface area contributed by atoms with Gasteiger partial charge in [-0.05, 0) is 119 Å². The first-order valence-electron chi connectivity index (χ1n) is 19.6. The maximum Gasteiger partial charge on any atom is 0.471 e. The molecule has 0 radical (unpaired) electrons. The normalized spacial score (nSPS) is 11.0. The van der Waals surface area contributed by atoms with Crippen molar-refractivity contribution in [3.8, 4) is 0 Å². The van der Waals surface area contributed by atoms with Gasteiger partial charge in [0.05, 0.1) is 5.56 Å². The zero-order valence-electron chi connectivity index (χ0n) is 36.4. The first-order valence-corrected chi connectivity index (χ1v) is 19.9. The lowest BCUT2D eigenvalue weighted by Crippen LogP contribution is -2.32. The molecule has 0 saturated carbocycles. The van der Waals surface area contributed by atoms with E-state index >= 15 is 0 Å². The van der Waals surface area contributed by atoms with Gasteiger partial charge >= 0.3 is 24.3 Å². The number of ether oxygens (including phenoxy) is 2. The van der Waals surface area contributed by atoms with Crippen LogP contribution in [0.5, 0.6) is 0 Å². The zero-order valence-corrected chi connectivity index (χ0v) is 37.1.